The van der Waals surface area contributed by atoms with Crippen molar-refractivity contribution in [3.8, 4) is 0 Å². The molecule has 27 heavy (non-hydrogen) atoms. The van der Waals surface area contributed by atoms with Gasteiger partial charge < -0.3 is 10.6 Å². The number of anilines is 1. The Morgan fingerprint density at radius 3 is 2.59 bits per heavy atom. The highest BCUT2D eigenvalue weighted by atomic mass is 16.2. The van der Waals surface area contributed by atoms with Crippen molar-refractivity contribution in [2.75, 3.05) is 32.4 Å². The first kappa shape index (κ1) is 18.0. The van der Waals surface area contributed by atoms with Crippen LogP contribution in [0.4, 0.5) is 5.82 Å². The lowest BCUT2D eigenvalue weighted by atomic mass is 9.81. The highest BCUT2D eigenvalue weighted by Crippen LogP contribution is 2.43. The number of rotatable bonds is 3. The molecule has 2 saturated heterocycles. The van der Waals surface area contributed by atoms with Crippen molar-refractivity contribution in [2.24, 2.45) is 0 Å². The van der Waals surface area contributed by atoms with E-state index in [1.807, 2.05) is 11.8 Å². The van der Waals surface area contributed by atoms with Crippen LogP contribution in [-0.4, -0.2) is 57.7 Å². The van der Waals surface area contributed by atoms with E-state index in [0.29, 0.717) is 11.7 Å². The smallest absolute Gasteiger partial charge is 0.244 e. The minimum absolute atomic E-state index is 0.111. The molecule has 1 spiro atoms. The largest absolute Gasteiger partial charge is 0.384 e. The van der Waals surface area contributed by atoms with Gasteiger partial charge in [-0.2, -0.15) is 5.10 Å². The molecule has 6 nitrogen and oxygen atoms in total. The number of nitrogen functional groups attached to an aromatic ring is 1. The molecule has 144 valence electrons. The maximum Gasteiger partial charge on any atom is 0.244 e. The zero-order valence-corrected chi connectivity index (χ0v) is 16.3. The molecule has 1 unspecified atom stereocenters. The molecule has 1 aromatic heterocycles. The number of amides is 1. The lowest BCUT2D eigenvalue weighted by molar-refractivity contribution is -0.134. The van der Waals surface area contributed by atoms with Crippen LogP contribution < -0.4 is 5.73 Å². The van der Waals surface area contributed by atoms with Gasteiger partial charge in [0.25, 0.3) is 0 Å². The van der Waals surface area contributed by atoms with Gasteiger partial charge >= 0.3 is 0 Å². The first-order valence-electron chi connectivity index (χ1n) is 9.81. The average molecular weight is 367 g/mol. The van der Waals surface area contributed by atoms with E-state index < -0.39 is 0 Å². The number of piperidine rings is 1. The number of hydrogen-bond acceptors (Lipinski definition) is 4. The van der Waals surface area contributed by atoms with Crippen molar-refractivity contribution >= 4 is 11.7 Å². The summed E-state index contributed by atoms with van der Waals surface area (Å²) in [6.07, 6.45) is 3.25. The number of aromatic nitrogens is 2. The van der Waals surface area contributed by atoms with Crippen molar-refractivity contribution in [1.29, 1.82) is 0 Å². The highest BCUT2D eigenvalue weighted by Gasteiger charge is 2.46. The maximum absolute atomic E-state index is 12.7. The minimum Gasteiger partial charge on any atom is -0.384 e. The predicted molar refractivity (Wildman–Crippen MR) is 106 cm³/mol. The summed E-state index contributed by atoms with van der Waals surface area (Å²) in [5.74, 6) is 1.25. The quantitative estimate of drug-likeness (QED) is 0.904. The molecule has 2 N–H and O–H groups in total. The third-order valence-corrected chi connectivity index (χ3v) is 6.47. The van der Waals surface area contributed by atoms with Crippen molar-refractivity contribution < 1.29 is 4.79 Å². The summed E-state index contributed by atoms with van der Waals surface area (Å²) in [6, 6.07) is 12.6. The normalized spacial score (nSPS) is 22.4. The van der Waals surface area contributed by atoms with Gasteiger partial charge in [0, 0.05) is 31.2 Å². The molecule has 0 aliphatic carbocycles. The van der Waals surface area contributed by atoms with E-state index in [1.165, 1.54) is 12.0 Å². The fraction of sp³-hybridized carbons (Fsp3) is 0.524. The molecule has 2 aromatic rings. The number of nitrogens with two attached hydrogens (primary N) is 1. The molecule has 2 fully saturated rings. The molecule has 0 radical (unpaired) electrons. The zero-order chi connectivity index (χ0) is 19.0. The summed E-state index contributed by atoms with van der Waals surface area (Å²) in [5, 5.41) is 4.31. The monoisotopic (exact) mass is 367 g/mol. The van der Waals surface area contributed by atoms with E-state index >= 15 is 0 Å². The Kier molecular flexibility index (Phi) is 4.68. The minimum atomic E-state index is 0.111. The summed E-state index contributed by atoms with van der Waals surface area (Å²) >= 11 is 0. The van der Waals surface area contributed by atoms with Crippen LogP contribution in [0.1, 0.15) is 36.4 Å². The predicted octanol–water partition coefficient (Wildman–Crippen LogP) is 2.25. The van der Waals surface area contributed by atoms with Crippen LogP contribution in [0.25, 0.3) is 0 Å². The fourth-order valence-electron chi connectivity index (χ4n) is 4.83. The Bertz CT molecular complexity index is 807. The van der Waals surface area contributed by atoms with Gasteiger partial charge in [-0.1, -0.05) is 30.3 Å². The summed E-state index contributed by atoms with van der Waals surface area (Å²) in [7, 11) is 2.24. The van der Waals surface area contributed by atoms with Gasteiger partial charge in [-0.05, 0) is 44.7 Å². The van der Waals surface area contributed by atoms with Gasteiger partial charge in [0.05, 0.1) is 5.69 Å². The van der Waals surface area contributed by atoms with Crippen LogP contribution in [-0.2, 0) is 11.3 Å². The maximum atomic E-state index is 12.7. The Hall–Kier alpha value is -2.34. The Morgan fingerprint density at radius 1 is 1.26 bits per heavy atom. The van der Waals surface area contributed by atoms with Crippen molar-refractivity contribution in [3.05, 3.63) is 47.7 Å². The van der Waals surface area contributed by atoms with Crippen LogP contribution in [0.3, 0.4) is 0 Å². The SMILES string of the molecule is Cc1cc(N)n(CC(=O)N2CCC3(CC2)CC(c2ccccc2)CN3C)n1. The number of nitrogens with zero attached hydrogens (tertiary/aromatic N) is 4. The van der Waals surface area contributed by atoms with Gasteiger partial charge in [-0.25, -0.2) is 4.68 Å². The molecule has 1 atom stereocenters. The third-order valence-electron chi connectivity index (χ3n) is 6.47. The van der Waals surface area contributed by atoms with Gasteiger partial charge in [-0.15, -0.1) is 0 Å². The topological polar surface area (TPSA) is 67.4 Å². The van der Waals surface area contributed by atoms with Gasteiger partial charge in [-0.3, -0.25) is 9.69 Å². The fourth-order valence-corrected chi connectivity index (χ4v) is 4.83. The Labute approximate surface area is 160 Å². The molecule has 0 saturated carbocycles. The number of carbonyl (C=O) groups is 1. The summed E-state index contributed by atoms with van der Waals surface area (Å²) in [4.78, 5) is 17.2. The first-order chi connectivity index (χ1) is 13.0. The third kappa shape index (κ3) is 3.46. The molecule has 1 amide bonds. The van der Waals surface area contributed by atoms with E-state index in [9.17, 15) is 4.79 Å². The molecule has 4 rings (SSSR count). The van der Waals surface area contributed by atoms with E-state index in [4.69, 9.17) is 5.73 Å². The van der Waals surface area contributed by atoms with Gasteiger partial charge in [0.1, 0.15) is 12.4 Å². The van der Waals surface area contributed by atoms with Crippen molar-refractivity contribution in [2.45, 2.75) is 44.2 Å². The van der Waals surface area contributed by atoms with Crippen molar-refractivity contribution in [3.63, 3.8) is 0 Å². The summed E-state index contributed by atoms with van der Waals surface area (Å²) in [5.41, 5.74) is 8.43. The number of likely N-dealkylation sites (N-methyl/N-ethyl adjacent to an activating group) is 1. The number of benzene rings is 1. The van der Waals surface area contributed by atoms with Crippen LogP contribution in [0.2, 0.25) is 0 Å². The van der Waals surface area contributed by atoms with Crippen LogP contribution >= 0.6 is 0 Å². The van der Waals surface area contributed by atoms with Crippen LogP contribution in [0.5, 0.6) is 0 Å². The highest BCUT2D eigenvalue weighted by molar-refractivity contribution is 5.76. The van der Waals surface area contributed by atoms with Crippen LogP contribution in [0, 0.1) is 6.92 Å². The lowest BCUT2D eigenvalue weighted by Gasteiger charge is -2.43. The van der Waals surface area contributed by atoms with E-state index in [2.05, 4.69) is 47.4 Å². The second kappa shape index (κ2) is 7.00. The van der Waals surface area contributed by atoms with Crippen LogP contribution in [0.15, 0.2) is 36.4 Å². The number of likely N-dealkylation sites (tertiary alicyclic amines) is 2. The summed E-state index contributed by atoms with van der Waals surface area (Å²) < 4.78 is 1.61. The second-order valence-corrected chi connectivity index (χ2v) is 8.17. The van der Waals surface area contributed by atoms with Crippen molar-refractivity contribution in [1.82, 2.24) is 19.6 Å². The standard InChI is InChI=1S/C21H29N5O/c1-16-12-19(22)26(23-16)15-20(27)25-10-8-21(9-11-25)13-18(14-24(21)2)17-6-4-3-5-7-17/h3-7,12,18H,8-11,13-15,22H2,1-2H3. The second-order valence-electron chi connectivity index (χ2n) is 8.17. The molecular formula is C21H29N5O. The van der Waals surface area contributed by atoms with E-state index in [-0.39, 0.29) is 18.0 Å². The first-order valence-corrected chi connectivity index (χ1v) is 9.81. The number of aryl methyl sites for hydroxylation is 1. The molecular weight excluding hydrogens is 338 g/mol. The molecule has 1 aromatic carbocycles. The molecule has 6 heteroatoms. The molecule has 0 bridgehead atoms. The number of carbonyl (C=O) groups excluding carboxylic acids is 1. The van der Waals surface area contributed by atoms with E-state index in [1.54, 1.807) is 10.7 Å². The molecule has 2 aliphatic heterocycles. The van der Waals surface area contributed by atoms with Gasteiger partial charge in [0.2, 0.25) is 5.91 Å². The Balaban J connectivity index is 1.38. The average Bonchev–Trinajstić information content (AvgIpc) is 3.15. The molecule has 3 heterocycles. The Morgan fingerprint density at radius 2 is 1.96 bits per heavy atom. The zero-order valence-electron chi connectivity index (χ0n) is 16.3. The lowest BCUT2D eigenvalue weighted by Crippen LogP contribution is -2.52. The molecule has 2 aliphatic rings. The van der Waals surface area contributed by atoms with Gasteiger partial charge in [0.15, 0.2) is 0 Å². The van der Waals surface area contributed by atoms with E-state index in [0.717, 1.165) is 38.2 Å². The number of hydrogen-bond donors (Lipinski definition) is 1. The summed E-state index contributed by atoms with van der Waals surface area (Å²) in [6.45, 7) is 4.84.